The van der Waals surface area contributed by atoms with Crippen molar-refractivity contribution >= 4 is 16.7 Å². The number of nitrogens with zero attached hydrogens (tertiary/aromatic N) is 5. The van der Waals surface area contributed by atoms with Gasteiger partial charge in [-0.2, -0.15) is 0 Å². The first-order valence-electron chi connectivity index (χ1n) is 9.10. The maximum Gasteiger partial charge on any atom is 0.139 e. The molecule has 0 bridgehead atoms. The number of rotatable bonds is 3. The van der Waals surface area contributed by atoms with E-state index >= 15 is 0 Å². The van der Waals surface area contributed by atoms with Crippen molar-refractivity contribution in [2.75, 3.05) is 31.1 Å². The molecule has 25 heavy (non-hydrogen) atoms. The highest BCUT2D eigenvalue weighted by molar-refractivity contribution is 6.02. The van der Waals surface area contributed by atoms with Gasteiger partial charge in [-0.25, -0.2) is 15.0 Å². The van der Waals surface area contributed by atoms with E-state index in [1.165, 1.54) is 43.4 Å². The molecule has 0 aromatic carbocycles. The number of H-pyrrole nitrogens is 1. The molecule has 0 radical (unpaired) electrons. The monoisotopic (exact) mass is 334 g/mol. The SMILES string of the molecule is c1ncc(-c2c[nH]c3nccc(N4CCC[C@H](N5CCC5)C4)c23)cn1. The number of nitrogens with one attached hydrogen (secondary N) is 1. The fourth-order valence-corrected chi connectivity index (χ4v) is 4.15. The summed E-state index contributed by atoms with van der Waals surface area (Å²) in [5.41, 5.74) is 4.36. The van der Waals surface area contributed by atoms with Gasteiger partial charge in [-0.1, -0.05) is 0 Å². The van der Waals surface area contributed by atoms with E-state index in [1.807, 2.05) is 24.8 Å². The number of anilines is 1. The van der Waals surface area contributed by atoms with E-state index in [0.29, 0.717) is 6.04 Å². The molecule has 0 aliphatic carbocycles. The Bertz CT molecular complexity index is 870. The lowest BCUT2D eigenvalue weighted by molar-refractivity contribution is 0.106. The molecule has 1 N–H and O–H groups in total. The summed E-state index contributed by atoms with van der Waals surface area (Å²) in [5, 5.41) is 1.18. The zero-order valence-corrected chi connectivity index (χ0v) is 14.2. The minimum atomic E-state index is 0.688. The van der Waals surface area contributed by atoms with Crippen LogP contribution < -0.4 is 4.90 Å². The van der Waals surface area contributed by atoms with Gasteiger partial charge < -0.3 is 9.88 Å². The maximum atomic E-state index is 4.53. The summed E-state index contributed by atoms with van der Waals surface area (Å²) >= 11 is 0. The van der Waals surface area contributed by atoms with Crippen LogP contribution in [-0.2, 0) is 0 Å². The Balaban J connectivity index is 1.55. The second kappa shape index (κ2) is 6.11. The average molecular weight is 334 g/mol. The average Bonchev–Trinajstić information content (AvgIpc) is 3.05. The van der Waals surface area contributed by atoms with Gasteiger partial charge in [0, 0.05) is 60.7 Å². The summed E-state index contributed by atoms with van der Waals surface area (Å²) in [7, 11) is 0. The molecule has 128 valence electrons. The van der Waals surface area contributed by atoms with Crippen molar-refractivity contribution < 1.29 is 0 Å². The molecular formula is C19H22N6. The van der Waals surface area contributed by atoms with Crippen LogP contribution in [-0.4, -0.2) is 57.1 Å². The Morgan fingerprint density at radius 3 is 2.76 bits per heavy atom. The third-order valence-electron chi connectivity index (χ3n) is 5.57. The van der Waals surface area contributed by atoms with Crippen molar-refractivity contribution in [3.63, 3.8) is 0 Å². The van der Waals surface area contributed by atoms with Crippen LogP contribution >= 0.6 is 0 Å². The molecule has 2 aliphatic rings. The third kappa shape index (κ3) is 2.57. The maximum absolute atomic E-state index is 4.53. The zero-order chi connectivity index (χ0) is 16.6. The number of hydrogen-bond acceptors (Lipinski definition) is 5. The number of likely N-dealkylation sites (tertiary alicyclic amines) is 1. The lowest BCUT2D eigenvalue weighted by Crippen LogP contribution is -2.53. The Morgan fingerprint density at radius 2 is 1.96 bits per heavy atom. The van der Waals surface area contributed by atoms with Crippen LogP contribution in [0.25, 0.3) is 22.2 Å². The van der Waals surface area contributed by atoms with Crippen molar-refractivity contribution in [3.05, 3.63) is 37.2 Å². The normalized spacial score (nSPS) is 21.4. The van der Waals surface area contributed by atoms with Gasteiger partial charge >= 0.3 is 0 Å². The van der Waals surface area contributed by atoms with Crippen molar-refractivity contribution in [3.8, 4) is 11.1 Å². The molecule has 1 atom stereocenters. The summed E-state index contributed by atoms with van der Waals surface area (Å²) in [5.74, 6) is 0. The summed E-state index contributed by atoms with van der Waals surface area (Å²) in [4.78, 5) is 21.4. The predicted octanol–water partition coefficient (Wildman–Crippen LogP) is 2.69. The van der Waals surface area contributed by atoms with E-state index in [9.17, 15) is 0 Å². The number of fused-ring (bicyclic) bond motifs is 1. The highest BCUT2D eigenvalue weighted by Crippen LogP contribution is 2.36. The Morgan fingerprint density at radius 1 is 1.08 bits per heavy atom. The smallest absolute Gasteiger partial charge is 0.139 e. The first-order valence-corrected chi connectivity index (χ1v) is 9.10. The lowest BCUT2D eigenvalue weighted by atomic mass is 9.99. The van der Waals surface area contributed by atoms with Gasteiger partial charge in [0.05, 0.1) is 5.39 Å². The molecular weight excluding hydrogens is 312 g/mol. The fourth-order valence-electron chi connectivity index (χ4n) is 4.15. The quantitative estimate of drug-likeness (QED) is 0.798. The fraction of sp³-hybridized carbons (Fsp3) is 0.421. The molecule has 6 heteroatoms. The van der Waals surface area contributed by atoms with E-state index in [-0.39, 0.29) is 0 Å². The predicted molar refractivity (Wildman–Crippen MR) is 98.5 cm³/mol. The van der Waals surface area contributed by atoms with E-state index < -0.39 is 0 Å². The first kappa shape index (κ1) is 14.8. The van der Waals surface area contributed by atoms with Gasteiger partial charge in [0.2, 0.25) is 0 Å². The minimum absolute atomic E-state index is 0.688. The van der Waals surface area contributed by atoms with Crippen LogP contribution in [0.2, 0.25) is 0 Å². The van der Waals surface area contributed by atoms with Gasteiger partial charge in [0.1, 0.15) is 12.0 Å². The highest BCUT2D eigenvalue weighted by Gasteiger charge is 2.29. The topological polar surface area (TPSA) is 60.9 Å². The van der Waals surface area contributed by atoms with Crippen molar-refractivity contribution in [2.45, 2.75) is 25.3 Å². The zero-order valence-electron chi connectivity index (χ0n) is 14.2. The Kier molecular flexibility index (Phi) is 3.63. The van der Waals surface area contributed by atoms with E-state index in [2.05, 4.69) is 35.8 Å². The summed E-state index contributed by atoms with van der Waals surface area (Å²) < 4.78 is 0. The minimum Gasteiger partial charge on any atom is -0.369 e. The Labute approximate surface area is 146 Å². The second-order valence-corrected chi connectivity index (χ2v) is 7.01. The summed E-state index contributed by atoms with van der Waals surface area (Å²) in [6, 6.07) is 2.84. The van der Waals surface area contributed by atoms with Crippen LogP contribution in [0.15, 0.2) is 37.2 Å². The van der Waals surface area contributed by atoms with Crippen LogP contribution in [0.3, 0.4) is 0 Å². The van der Waals surface area contributed by atoms with E-state index in [1.54, 1.807) is 6.33 Å². The van der Waals surface area contributed by atoms with Crippen LogP contribution in [0, 0.1) is 0 Å². The van der Waals surface area contributed by atoms with Gasteiger partial charge in [-0.05, 0) is 38.4 Å². The van der Waals surface area contributed by atoms with Crippen LogP contribution in [0.5, 0.6) is 0 Å². The molecule has 6 nitrogen and oxygen atoms in total. The molecule has 5 heterocycles. The van der Waals surface area contributed by atoms with Crippen LogP contribution in [0.4, 0.5) is 5.69 Å². The molecule has 3 aromatic rings. The molecule has 2 fully saturated rings. The number of pyridine rings is 1. The third-order valence-corrected chi connectivity index (χ3v) is 5.57. The summed E-state index contributed by atoms with van der Waals surface area (Å²) in [6.07, 6.45) is 13.2. The van der Waals surface area contributed by atoms with Gasteiger partial charge in [0.25, 0.3) is 0 Å². The van der Waals surface area contributed by atoms with Crippen molar-refractivity contribution in [2.24, 2.45) is 0 Å². The molecule has 0 spiro atoms. The van der Waals surface area contributed by atoms with E-state index in [4.69, 9.17) is 0 Å². The van der Waals surface area contributed by atoms with Gasteiger partial charge in [0.15, 0.2) is 0 Å². The molecule has 2 saturated heterocycles. The standard InChI is InChI=1S/C19H22N6/c1-3-15(24-7-2-8-24)12-25(6-1)17-4-5-22-19-18(17)16(11-23-19)14-9-20-13-21-10-14/h4-5,9-11,13,15H,1-3,6-8,12H2,(H,22,23)/t15-/m0/s1. The van der Waals surface area contributed by atoms with Gasteiger partial charge in [-0.15, -0.1) is 0 Å². The highest BCUT2D eigenvalue weighted by atomic mass is 15.3. The largest absolute Gasteiger partial charge is 0.369 e. The first-order chi connectivity index (χ1) is 12.4. The lowest BCUT2D eigenvalue weighted by Gasteiger charge is -2.44. The van der Waals surface area contributed by atoms with Crippen LogP contribution in [0.1, 0.15) is 19.3 Å². The summed E-state index contributed by atoms with van der Waals surface area (Å²) in [6.45, 7) is 4.75. The number of hydrogen-bond donors (Lipinski definition) is 1. The van der Waals surface area contributed by atoms with Gasteiger partial charge in [-0.3, -0.25) is 4.90 Å². The second-order valence-electron chi connectivity index (χ2n) is 7.01. The number of piperidine rings is 1. The number of aromatic amines is 1. The molecule has 0 amide bonds. The molecule has 0 saturated carbocycles. The number of aromatic nitrogens is 4. The molecule has 5 rings (SSSR count). The molecule has 0 unspecified atom stereocenters. The molecule has 3 aromatic heterocycles. The van der Waals surface area contributed by atoms with Crippen molar-refractivity contribution in [1.82, 2.24) is 24.8 Å². The molecule has 2 aliphatic heterocycles. The van der Waals surface area contributed by atoms with E-state index in [0.717, 1.165) is 29.9 Å². The van der Waals surface area contributed by atoms with Crippen molar-refractivity contribution in [1.29, 1.82) is 0 Å². The Hall–Kier alpha value is -2.47.